The summed E-state index contributed by atoms with van der Waals surface area (Å²) in [7, 11) is 1.48. The quantitative estimate of drug-likeness (QED) is 0.875. The highest BCUT2D eigenvalue weighted by Crippen LogP contribution is 2.23. The number of benzene rings is 1. The highest BCUT2D eigenvalue weighted by Gasteiger charge is 2.09. The molecule has 19 heavy (non-hydrogen) atoms. The molecule has 0 fully saturated rings. The van der Waals surface area contributed by atoms with E-state index in [2.05, 4.69) is 4.98 Å². The normalized spacial score (nSPS) is 10.5. The lowest BCUT2D eigenvalue weighted by atomic mass is 10.2. The van der Waals surface area contributed by atoms with Gasteiger partial charge in [-0.3, -0.25) is 9.36 Å². The fourth-order valence-corrected chi connectivity index (χ4v) is 2.04. The van der Waals surface area contributed by atoms with Gasteiger partial charge in [-0.15, -0.1) is 0 Å². The van der Waals surface area contributed by atoms with E-state index in [1.807, 2.05) is 0 Å². The first-order valence-electron chi connectivity index (χ1n) is 5.57. The summed E-state index contributed by atoms with van der Waals surface area (Å²) >= 11 is 11.8. The SMILES string of the molecule is COc1nc(C)cc(=O)n1Cc1ccc(Cl)c(Cl)c1. The predicted octanol–water partition coefficient (Wildman–Crippen LogP) is 2.92. The van der Waals surface area contributed by atoms with Crippen LogP contribution in [-0.2, 0) is 6.54 Å². The summed E-state index contributed by atoms with van der Waals surface area (Å²) in [4.78, 5) is 16.1. The van der Waals surface area contributed by atoms with Crippen molar-refractivity contribution in [1.82, 2.24) is 9.55 Å². The summed E-state index contributed by atoms with van der Waals surface area (Å²) < 4.78 is 6.56. The van der Waals surface area contributed by atoms with Gasteiger partial charge in [0.05, 0.1) is 23.7 Å². The number of hydrogen-bond acceptors (Lipinski definition) is 3. The largest absolute Gasteiger partial charge is 0.468 e. The van der Waals surface area contributed by atoms with Gasteiger partial charge in [0.2, 0.25) is 0 Å². The second-order valence-electron chi connectivity index (χ2n) is 4.06. The van der Waals surface area contributed by atoms with Crippen LogP contribution in [-0.4, -0.2) is 16.7 Å². The topological polar surface area (TPSA) is 44.1 Å². The number of nitrogens with zero attached hydrogens (tertiary/aromatic N) is 2. The maximum absolute atomic E-state index is 12.0. The number of methoxy groups -OCH3 is 1. The minimum atomic E-state index is -0.171. The van der Waals surface area contributed by atoms with E-state index in [1.165, 1.54) is 17.7 Å². The number of aryl methyl sites for hydroxylation is 1. The molecule has 0 radical (unpaired) electrons. The molecule has 100 valence electrons. The Morgan fingerprint density at radius 1 is 1.26 bits per heavy atom. The number of halogens is 2. The molecule has 0 bridgehead atoms. The maximum atomic E-state index is 12.0. The lowest BCUT2D eigenvalue weighted by Gasteiger charge is -2.11. The molecule has 0 aliphatic heterocycles. The molecule has 0 unspecified atom stereocenters. The molecule has 0 aliphatic rings. The molecule has 4 nitrogen and oxygen atoms in total. The minimum Gasteiger partial charge on any atom is -0.468 e. The first kappa shape index (κ1) is 13.9. The van der Waals surface area contributed by atoms with Crippen molar-refractivity contribution < 1.29 is 4.74 Å². The first-order valence-corrected chi connectivity index (χ1v) is 6.33. The Bertz CT molecular complexity index is 668. The number of aromatic nitrogens is 2. The average molecular weight is 299 g/mol. The third-order valence-corrected chi connectivity index (χ3v) is 3.35. The predicted molar refractivity (Wildman–Crippen MR) is 75.4 cm³/mol. The van der Waals surface area contributed by atoms with E-state index < -0.39 is 0 Å². The van der Waals surface area contributed by atoms with E-state index in [9.17, 15) is 4.79 Å². The van der Waals surface area contributed by atoms with Gasteiger partial charge in [0.25, 0.3) is 11.6 Å². The van der Waals surface area contributed by atoms with E-state index in [0.717, 1.165) is 5.56 Å². The summed E-state index contributed by atoms with van der Waals surface area (Å²) in [6.45, 7) is 2.07. The van der Waals surface area contributed by atoms with Crippen molar-refractivity contribution in [2.24, 2.45) is 0 Å². The summed E-state index contributed by atoms with van der Waals surface area (Å²) in [5.41, 5.74) is 1.29. The fraction of sp³-hybridized carbons (Fsp3) is 0.231. The molecule has 0 N–H and O–H groups in total. The second kappa shape index (κ2) is 5.63. The van der Waals surface area contributed by atoms with Crippen LogP contribution >= 0.6 is 23.2 Å². The summed E-state index contributed by atoms with van der Waals surface area (Å²) in [6.07, 6.45) is 0. The molecule has 0 saturated carbocycles. The monoisotopic (exact) mass is 298 g/mol. The van der Waals surface area contributed by atoms with Gasteiger partial charge in [-0.1, -0.05) is 29.3 Å². The molecular formula is C13H12Cl2N2O2. The Morgan fingerprint density at radius 2 is 2.00 bits per heavy atom. The molecule has 0 amide bonds. The first-order chi connectivity index (χ1) is 9.01. The number of hydrogen-bond donors (Lipinski definition) is 0. The zero-order valence-electron chi connectivity index (χ0n) is 10.5. The lowest BCUT2D eigenvalue weighted by molar-refractivity contribution is 0.350. The van der Waals surface area contributed by atoms with Crippen LogP contribution in [0.15, 0.2) is 29.1 Å². The van der Waals surface area contributed by atoms with Crippen molar-refractivity contribution in [3.05, 3.63) is 55.9 Å². The van der Waals surface area contributed by atoms with Crippen LogP contribution in [0, 0.1) is 6.92 Å². The van der Waals surface area contributed by atoms with E-state index in [4.69, 9.17) is 27.9 Å². The van der Waals surface area contributed by atoms with Crippen LogP contribution in [0.3, 0.4) is 0 Å². The van der Waals surface area contributed by atoms with Gasteiger partial charge in [-0.2, -0.15) is 0 Å². The van der Waals surface area contributed by atoms with Gasteiger partial charge in [0.15, 0.2) is 0 Å². The third-order valence-electron chi connectivity index (χ3n) is 2.61. The zero-order valence-corrected chi connectivity index (χ0v) is 12.0. The van der Waals surface area contributed by atoms with Gasteiger partial charge < -0.3 is 4.74 Å². The van der Waals surface area contributed by atoms with Crippen molar-refractivity contribution in [3.63, 3.8) is 0 Å². The van der Waals surface area contributed by atoms with E-state index in [-0.39, 0.29) is 11.6 Å². The standard InChI is InChI=1S/C13H12Cl2N2O2/c1-8-5-12(18)17(13(16-8)19-2)7-9-3-4-10(14)11(15)6-9/h3-6H,7H2,1-2H3. The van der Waals surface area contributed by atoms with E-state index in [1.54, 1.807) is 25.1 Å². The van der Waals surface area contributed by atoms with E-state index in [0.29, 0.717) is 22.3 Å². The van der Waals surface area contributed by atoms with Crippen molar-refractivity contribution in [3.8, 4) is 6.01 Å². The highest BCUT2D eigenvalue weighted by molar-refractivity contribution is 6.42. The minimum absolute atomic E-state index is 0.171. The van der Waals surface area contributed by atoms with Crippen molar-refractivity contribution in [2.75, 3.05) is 7.11 Å². The number of rotatable bonds is 3. The third kappa shape index (κ3) is 3.08. The van der Waals surface area contributed by atoms with E-state index >= 15 is 0 Å². The summed E-state index contributed by atoms with van der Waals surface area (Å²) in [5.74, 6) is 0. The van der Waals surface area contributed by atoms with Crippen molar-refractivity contribution in [1.29, 1.82) is 0 Å². The molecule has 0 saturated heterocycles. The van der Waals surface area contributed by atoms with Gasteiger partial charge in [0.1, 0.15) is 0 Å². The Morgan fingerprint density at radius 3 is 2.63 bits per heavy atom. The molecule has 2 rings (SSSR count). The molecule has 1 aromatic heterocycles. The van der Waals surface area contributed by atoms with Crippen molar-refractivity contribution >= 4 is 23.2 Å². The maximum Gasteiger partial charge on any atom is 0.299 e. The molecule has 0 spiro atoms. The Labute approximate surface area is 120 Å². The number of ether oxygens (including phenoxy) is 1. The van der Waals surface area contributed by atoms with Crippen LogP contribution in [0.2, 0.25) is 10.0 Å². The van der Waals surface area contributed by atoms with Crippen LogP contribution in [0.25, 0.3) is 0 Å². The van der Waals surface area contributed by atoms with Gasteiger partial charge in [0, 0.05) is 11.8 Å². The molecular weight excluding hydrogens is 287 g/mol. The Kier molecular flexibility index (Phi) is 4.12. The molecule has 6 heteroatoms. The van der Waals surface area contributed by atoms with Crippen molar-refractivity contribution in [2.45, 2.75) is 13.5 Å². The summed E-state index contributed by atoms with van der Waals surface area (Å²) in [5, 5.41) is 0.929. The average Bonchev–Trinajstić information content (AvgIpc) is 2.36. The smallest absolute Gasteiger partial charge is 0.299 e. The molecule has 2 aromatic rings. The van der Waals surface area contributed by atoms with Crippen LogP contribution < -0.4 is 10.3 Å². The second-order valence-corrected chi connectivity index (χ2v) is 4.87. The molecule has 1 aromatic carbocycles. The summed E-state index contributed by atoms with van der Waals surface area (Å²) in [6, 6.07) is 6.95. The van der Waals surface area contributed by atoms with Crippen LogP contribution in [0.1, 0.15) is 11.3 Å². The fourth-order valence-electron chi connectivity index (χ4n) is 1.72. The van der Waals surface area contributed by atoms with Gasteiger partial charge >= 0.3 is 0 Å². The molecule has 1 heterocycles. The zero-order chi connectivity index (χ0) is 14.0. The van der Waals surface area contributed by atoms with Crippen LogP contribution in [0.4, 0.5) is 0 Å². The van der Waals surface area contributed by atoms with Gasteiger partial charge in [-0.25, -0.2) is 4.98 Å². The lowest BCUT2D eigenvalue weighted by Crippen LogP contribution is -2.23. The van der Waals surface area contributed by atoms with Gasteiger partial charge in [-0.05, 0) is 24.6 Å². The van der Waals surface area contributed by atoms with Crippen LogP contribution in [0.5, 0.6) is 6.01 Å². The molecule has 0 aliphatic carbocycles. The Balaban J connectivity index is 2.43. The Hall–Kier alpha value is -1.52. The molecule has 0 atom stereocenters. The highest BCUT2D eigenvalue weighted by atomic mass is 35.5.